The number of ether oxygens (including phenoxy) is 3. The van der Waals surface area contributed by atoms with Gasteiger partial charge in [-0.25, -0.2) is 4.79 Å². The van der Waals surface area contributed by atoms with Gasteiger partial charge in [-0.15, -0.1) is 10.5 Å². The molecule has 9 heteroatoms. The summed E-state index contributed by atoms with van der Waals surface area (Å²) in [6.45, 7) is 12.0. The molecule has 0 amide bonds. The fourth-order valence-electron chi connectivity index (χ4n) is 5.02. The number of hydrogen-bond acceptors (Lipinski definition) is 5. The average molecular weight is 596 g/mol. The van der Waals surface area contributed by atoms with E-state index in [0.29, 0.717) is 46.0 Å². The highest BCUT2D eigenvalue weighted by Crippen LogP contribution is 2.50. The van der Waals surface area contributed by atoms with E-state index in [1.165, 1.54) is 7.11 Å². The van der Waals surface area contributed by atoms with Crippen LogP contribution in [0.5, 0.6) is 5.75 Å². The van der Waals surface area contributed by atoms with Crippen LogP contribution in [0.1, 0.15) is 42.9 Å². The third-order valence-corrected chi connectivity index (χ3v) is 12.3. The number of halogens is 2. The molecule has 38 heavy (non-hydrogen) atoms. The number of ketones is 1. The number of carbonyl (C=O) groups excluding carboxylic acids is 2. The van der Waals surface area contributed by atoms with Gasteiger partial charge in [-0.05, 0) is 66.3 Å². The third kappa shape index (κ3) is 6.07. The largest absolute Gasteiger partial charge is 0.465 e. The number of benzene rings is 2. The molecule has 0 N–H and O–H groups in total. The van der Waals surface area contributed by atoms with Crippen molar-refractivity contribution in [2.75, 3.05) is 20.3 Å². The Morgan fingerprint density at radius 2 is 1.84 bits per heavy atom. The molecule has 0 spiro atoms. The minimum Gasteiger partial charge on any atom is -0.465 e. The first-order chi connectivity index (χ1) is 17.8. The monoisotopic (exact) mass is 594 g/mol. The molecule has 0 aromatic heterocycles. The van der Waals surface area contributed by atoms with E-state index in [4.69, 9.17) is 37.4 Å². The van der Waals surface area contributed by atoms with E-state index in [2.05, 4.69) is 26.6 Å². The lowest BCUT2D eigenvalue weighted by molar-refractivity contribution is -0.150. The molecule has 0 fully saturated rings. The fourth-order valence-corrected chi connectivity index (χ4v) is 8.79. The summed E-state index contributed by atoms with van der Waals surface area (Å²) in [5.74, 6) is 0.531. The van der Waals surface area contributed by atoms with Crippen molar-refractivity contribution in [3.05, 3.63) is 63.1 Å². The van der Waals surface area contributed by atoms with Gasteiger partial charge in [0.05, 0.1) is 18.6 Å². The standard InChI is InChI=1S/C29H36Cl2O5SSi/c1-18-19(16-35-11-12-38(4,5)6)14-25(32)27(23-9-7-22(31)15-24(18)23)37-17-20-13-21(30)8-10-26(20)36-29(37,2)28(33)34-3/h7-10,13,15,18-19H,11-12,14,16-17H2,1-6H3. The summed E-state index contributed by atoms with van der Waals surface area (Å²) in [5, 5.41) is 1.19. The highest BCUT2D eigenvalue weighted by molar-refractivity contribution is 8.18. The van der Waals surface area contributed by atoms with Gasteiger partial charge in [-0.1, -0.05) is 55.8 Å². The number of methoxy groups -OCH3 is 1. The zero-order valence-corrected chi connectivity index (χ0v) is 26.2. The smallest absolute Gasteiger partial charge is 0.360 e. The van der Waals surface area contributed by atoms with Crippen LogP contribution >= 0.6 is 33.7 Å². The number of esters is 1. The summed E-state index contributed by atoms with van der Waals surface area (Å²) in [5.41, 5.74) is 2.68. The molecule has 1 heterocycles. The van der Waals surface area contributed by atoms with Gasteiger partial charge in [0, 0.05) is 42.5 Å². The van der Waals surface area contributed by atoms with E-state index in [-0.39, 0.29) is 17.6 Å². The van der Waals surface area contributed by atoms with E-state index >= 15 is 0 Å². The van der Waals surface area contributed by atoms with Crippen molar-refractivity contribution in [2.24, 2.45) is 5.92 Å². The summed E-state index contributed by atoms with van der Waals surface area (Å²) < 4.78 is 17.7. The molecule has 2 aromatic rings. The van der Waals surface area contributed by atoms with Gasteiger partial charge in [0.1, 0.15) is 5.75 Å². The van der Waals surface area contributed by atoms with Crippen LogP contribution in [0.2, 0.25) is 35.7 Å². The second-order valence-corrected chi connectivity index (χ2v) is 20.2. The van der Waals surface area contributed by atoms with Gasteiger partial charge in [-0.2, -0.15) is 0 Å². The molecule has 0 radical (unpaired) electrons. The number of Topliss-reactive ketones (excluding diaryl/α,β-unsaturated/α-hetero) is 1. The first-order valence-corrected chi connectivity index (χ1v) is 18.7. The quantitative estimate of drug-likeness (QED) is 0.115. The second kappa shape index (κ2) is 11.5. The lowest BCUT2D eigenvalue weighted by Gasteiger charge is -2.38. The maximum Gasteiger partial charge on any atom is 0.360 e. The van der Waals surface area contributed by atoms with Crippen molar-refractivity contribution in [3.63, 3.8) is 0 Å². The van der Waals surface area contributed by atoms with Crippen molar-refractivity contribution >= 4 is 58.4 Å². The van der Waals surface area contributed by atoms with Crippen LogP contribution in [-0.2, 0) is 24.8 Å². The molecule has 1 aliphatic heterocycles. The van der Waals surface area contributed by atoms with Crippen molar-refractivity contribution in [2.45, 2.75) is 62.6 Å². The predicted octanol–water partition coefficient (Wildman–Crippen LogP) is 7.31. The molecule has 4 rings (SSSR count). The average Bonchev–Trinajstić information content (AvgIpc) is 2.94. The summed E-state index contributed by atoms with van der Waals surface area (Å²) in [7, 11) is -0.839. The fraction of sp³-hybridized carbons (Fsp3) is 0.483. The van der Waals surface area contributed by atoms with Crippen LogP contribution in [-0.4, -0.2) is 49.9 Å². The van der Waals surface area contributed by atoms with Crippen molar-refractivity contribution in [3.8, 4) is 5.75 Å². The number of hydrogen-bond donors (Lipinski definition) is 0. The first kappa shape index (κ1) is 29.3. The van der Waals surface area contributed by atoms with Gasteiger partial charge in [-0.3, -0.25) is 4.79 Å². The molecule has 2 aromatic carbocycles. The zero-order chi connectivity index (χ0) is 27.8. The van der Waals surface area contributed by atoms with E-state index in [0.717, 1.165) is 22.7 Å². The van der Waals surface area contributed by atoms with Crippen molar-refractivity contribution in [1.29, 1.82) is 0 Å². The molecule has 0 bridgehead atoms. The molecule has 4 unspecified atom stereocenters. The van der Waals surface area contributed by atoms with Crippen LogP contribution < -0.4 is 4.74 Å². The highest BCUT2D eigenvalue weighted by atomic mass is 35.5. The lowest BCUT2D eigenvalue weighted by atomic mass is 9.86. The zero-order valence-electron chi connectivity index (χ0n) is 22.9. The first-order valence-electron chi connectivity index (χ1n) is 12.9. The lowest BCUT2D eigenvalue weighted by Crippen LogP contribution is -2.45. The SMILES string of the molecule is COC(=O)C1(C)Oc2ccc(Cl)cc2CS1=C1C(=O)CC(COCC[Si](C)(C)C)C(C)c2cc(Cl)ccc21. The van der Waals surface area contributed by atoms with Gasteiger partial charge in [0.2, 0.25) is 4.93 Å². The highest BCUT2D eigenvalue weighted by Gasteiger charge is 2.47. The normalized spacial score (nSPS) is 26.2. The van der Waals surface area contributed by atoms with Crippen LogP contribution in [0.15, 0.2) is 36.4 Å². The number of rotatable bonds is 6. The van der Waals surface area contributed by atoms with Crippen LogP contribution in [0.3, 0.4) is 0 Å². The van der Waals surface area contributed by atoms with Crippen LogP contribution in [0.25, 0.3) is 0 Å². The molecule has 2 aliphatic rings. The molecule has 4 atom stereocenters. The Labute approximate surface area is 239 Å². The van der Waals surface area contributed by atoms with E-state index in [1.807, 2.05) is 18.2 Å². The Bertz CT molecular complexity index is 1290. The minimum atomic E-state index is -1.37. The van der Waals surface area contributed by atoms with Crippen LogP contribution in [0, 0.1) is 5.92 Å². The third-order valence-electron chi connectivity index (χ3n) is 7.38. The Balaban J connectivity index is 1.84. The summed E-state index contributed by atoms with van der Waals surface area (Å²) in [6.07, 6.45) is 0.318. The molecule has 5 nitrogen and oxygen atoms in total. The molecular formula is C29H36Cl2O5SSi. The van der Waals surface area contributed by atoms with Gasteiger partial charge < -0.3 is 14.2 Å². The van der Waals surface area contributed by atoms with Gasteiger partial charge in [0.15, 0.2) is 5.78 Å². The molecule has 0 saturated carbocycles. The molecule has 1 aliphatic carbocycles. The maximum absolute atomic E-state index is 14.1. The maximum atomic E-state index is 14.1. The summed E-state index contributed by atoms with van der Waals surface area (Å²) in [4.78, 5) is 26.6. The van der Waals surface area contributed by atoms with Gasteiger partial charge >= 0.3 is 5.97 Å². The van der Waals surface area contributed by atoms with Crippen molar-refractivity contribution < 1.29 is 23.8 Å². The summed E-state index contributed by atoms with van der Waals surface area (Å²) >= 11 is 12.8. The Morgan fingerprint density at radius 3 is 2.53 bits per heavy atom. The van der Waals surface area contributed by atoms with E-state index < -0.39 is 29.5 Å². The molecule has 0 saturated heterocycles. The number of fused-ring (bicyclic) bond motifs is 2. The second-order valence-electron chi connectivity index (χ2n) is 11.4. The van der Waals surface area contributed by atoms with Crippen molar-refractivity contribution in [1.82, 2.24) is 0 Å². The Kier molecular flexibility index (Phi) is 8.85. The van der Waals surface area contributed by atoms with E-state index in [1.54, 1.807) is 25.1 Å². The summed E-state index contributed by atoms with van der Waals surface area (Å²) in [6, 6.07) is 12.1. The Morgan fingerprint density at radius 1 is 1.16 bits per heavy atom. The van der Waals surface area contributed by atoms with Gasteiger partial charge in [0.25, 0.3) is 0 Å². The molecule has 206 valence electrons. The van der Waals surface area contributed by atoms with E-state index in [9.17, 15) is 9.59 Å². The molecular weight excluding hydrogens is 559 g/mol. The minimum absolute atomic E-state index is 0.00394. The Hall–Kier alpha value is -1.64. The predicted molar refractivity (Wildman–Crippen MR) is 160 cm³/mol. The number of carbonyl (C=O) groups is 2. The topological polar surface area (TPSA) is 61.8 Å². The van der Waals surface area contributed by atoms with Crippen LogP contribution in [0.4, 0.5) is 0 Å².